The predicted octanol–water partition coefficient (Wildman–Crippen LogP) is 4.17. The molecule has 0 fully saturated rings. The van der Waals surface area contributed by atoms with Crippen LogP contribution < -0.4 is 4.90 Å². The van der Waals surface area contributed by atoms with Gasteiger partial charge in [-0.1, -0.05) is 66.2 Å². The molecule has 3 aromatic rings. The van der Waals surface area contributed by atoms with Crippen molar-refractivity contribution < 1.29 is 14.7 Å². The number of carbonyl (C=O) groups is 2. The van der Waals surface area contributed by atoms with Gasteiger partial charge in [-0.3, -0.25) is 14.5 Å². The molecule has 0 saturated carbocycles. The molecule has 5 heteroatoms. The number of nitrogens with zero attached hydrogens (tertiary/aromatic N) is 2. The van der Waals surface area contributed by atoms with Crippen molar-refractivity contribution >= 4 is 17.5 Å². The van der Waals surface area contributed by atoms with Crippen LogP contribution in [0.4, 0.5) is 5.82 Å². The fraction of sp³-hybridized carbons (Fsp3) is 0.0870. The van der Waals surface area contributed by atoms with Gasteiger partial charge in [0, 0.05) is 11.8 Å². The molecule has 0 bridgehead atoms. The Kier molecular flexibility index (Phi) is 4.49. The number of ketones is 1. The summed E-state index contributed by atoms with van der Waals surface area (Å²) in [7, 11) is 0. The Hall–Kier alpha value is -3.73. The van der Waals surface area contributed by atoms with E-state index in [0.717, 1.165) is 11.1 Å². The van der Waals surface area contributed by atoms with Crippen LogP contribution in [0.5, 0.6) is 0 Å². The van der Waals surface area contributed by atoms with Crippen LogP contribution in [0.2, 0.25) is 0 Å². The van der Waals surface area contributed by atoms with Crippen LogP contribution >= 0.6 is 0 Å². The van der Waals surface area contributed by atoms with E-state index in [1.54, 1.807) is 36.5 Å². The van der Waals surface area contributed by atoms with E-state index in [4.69, 9.17) is 0 Å². The van der Waals surface area contributed by atoms with Crippen molar-refractivity contribution in [1.29, 1.82) is 0 Å². The normalized spacial score (nSPS) is 16.5. The summed E-state index contributed by atoms with van der Waals surface area (Å²) >= 11 is 0. The lowest BCUT2D eigenvalue weighted by Crippen LogP contribution is -2.31. The number of benzene rings is 2. The van der Waals surface area contributed by atoms with Gasteiger partial charge in [0.15, 0.2) is 11.5 Å². The van der Waals surface area contributed by atoms with E-state index in [2.05, 4.69) is 4.98 Å². The van der Waals surface area contributed by atoms with Gasteiger partial charge >= 0.3 is 0 Å². The minimum Gasteiger partial charge on any atom is -0.503 e. The number of rotatable bonds is 4. The maximum atomic E-state index is 13.3. The summed E-state index contributed by atoms with van der Waals surface area (Å²) in [6.45, 7) is 1.93. The lowest BCUT2D eigenvalue weighted by molar-refractivity contribution is -0.117. The molecular weight excluding hydrogens is 352 g/mol. The molecule has 4 rings (SSSR count). The largest absolute Gasteiger partial charge is 0.503 e. The number of amides is 1. The van der Waals surface area contributed by atoms with Crippen LogP contribution in [0.3, 0.4) is 0 Å². The van der Waals surface area contributed by atoms with Gasteiger partial charge in [0.05, 0.1) is 11.6 Å². The molecule has 0 radical (unpaired) electrons. The first kappa shape index (κ1) is 17.7. The zero-order chi connectivity index (χ0) is 19.7. The van der Waals surface area contributed by atoms with E-state index in [0.29, 0.717) is 11.4 Å². The Balaban J connectivity index is 1.86. The molecule has 1 aliphatic rings. The fourth-order valence-electron chi connectivity index (χ4n) is 3.38. The third-order valence-corrected chi connectivity index (χ3v) is 4.78. The summed E-state index contributed by atoms with van der Waals surface area (Å²) < 4.78 is 0. The molecule has 1 unspecified atom stereocenters. The van der Waals surface area contributed by atoms with Gasteiger partial charge in [-0.2, -0.15) is 0 Å². The molecule has 0 aliphatic carbocycles. The molecule has 28 heavy (non-hydrogen) atoms. The van der Waals surface area contributed by atoms with Crippen molar-refractivity contribution in [3.8, 4) is 0 Å². The molecule has 2 aromatic carbocycles. The third kappa shape index (κ3) is 2.97. The van der Waals surface area contributed by atoms with E-state index >= 15 is 0 Å². The first-order valence-corrected chi connectivity index (χ1v) is 8.92. The summed E-state index contributed by atoms with van der Waals surface area (Å²) in [5, 5.41) is 10.6. The van der Waals surface area contributed by atoms with Crippen LogP contribution in [-0.4, -0.2) is 21.8 Å². The topological polar surface area (TPSA) is 70.5 Å². The van der Waals surface area contributed by atoms with Crippen molar-refractivity contribution in [3.05, 3.63) is 107 Å². The Morgan fingerprint density at radius 3 is 2.29 bits per heavy atom. The highest BCUT2D eigenvalue weighted by molar-refractivity contribution is 6.20. The van der Waals surface area contributed by atoms with E-state index in [1.165, 1.54) is 4.90 Å². The minimum absolute atomic E-state index is 0.0608. The van der Waals surface area contributed by atoms with Crippen LogP contribution in [-0.2, 0) is 4.79 Å². The van der Waals surface area contributed by atoms with Crippen molar-refractivity contribution in [2.45, 2.75) is 13.0 Å². The SMILES string of the molecule is Cc1ccc(C(=O)C2=C(O)C(=O)N(c3ccccn3)C2c2ccccc2)cc1. The number of aliphatic hydroxyl groups excluding tert-OH is 1. The highest BCUT2D eigenvalue weighted by Gasteiger charge is 2.45. The van der Waals surface area contributed by atoms with Crippen LogP contribution in [0.1, 0.15) is 27.5 Å². The van der Waals surface area contributed by atoms with Crippen LogP contribution in [0.15, 0.2) is 90.3 Å². The number of aromatic nitrogens is 1. The summed E-state index contributed by atoms with van der Waals surface area (Å²) in [6.07, 6.45) is 1.57. The molecule has 1 atom stereocenters. The van der Waals surface area contributed by atoms with Crippen LogP contribution in [0.25, 0.3) is 0 Å². The van der Waals surface area contributed by atoms with Gasteiger partial charge in [0.2, 0.25) is 0 Å². The number of anilines is 1. The number of aliphatic hydroxyl groups is 1. The number of aryl methyl sites for hydroxylation is 1. The molecule has 1 N–H and O–H groups in total. The van der Waals surface area contributed by atoms with E-state index in [1.807, 2.05) is 49.4 Å². The van der Waals surface area contributed by atoms with Gasteiger partial charge < -0.3 is 5.11 Å². The molecule has 0 spiro atoms. The second kappa shape index (κ2) is 7.12. The zero-order valence-corrected chi connectivity index (χ0v) is 15.2. The molecule has 1 aliphatic heterocycles. The second-order valence-corrected chi connectivity index (χ2v) is 6.63. The number of Topliss-reactive ketones (excluding diaryl/α,β-unsaturated/α-hetero) is 1. The zero-order valence-electron chi connectivity index (χ0n) is 15.2. The average molecular weight is 370 g/mol. The molecular formula is C23H18N2O3. The lowest BCUT2D eigenvalue weighted by atomic mass is 9.92. The quantitative estimate of drug-likeness (QED) is 0.700. The summed E-state index contributed by atoms with van der Waals surface area (Å²) in [5.41, 5.74) is 2.22. The van der Waals surface area contributed by atoms with E-state index in [-0.39, 0.29) is 11.4 Å². The van der Waals surface area contributed by atoms with Gasteiger partial charge in [0.1, 0.15) is 5.82 Å². The standard InChI is InChI=1S/C23H18N2O3/c1-15-10-12-17(13-11-15)21(26)19-20(16-7-3-2-4-8-16)25(23(28)22(19)27)18-9-5-6-14-24-18/h2-14,20,27H,1H3. The maximum Gasteiger partial charge on any atom is 0.295 e. The molecule has 1 amide bonds. The molecule has 2 heterocycles. The number of hydrogen-bond acceptors (Lipinski definition) is 4. The molecule has 0 saturated heterocycles. The number of hydrogen-bond donors (Lipinski definition) is 1. The first-order chi connectivity index (χ1) is 13.6. The lowest BCUT2D eigenvalue weighted by Gasteiger charge is -2.25. The summed E-state index contributed by atoms with van der Waals surface area (Å²) in [6, 6.07) is 20.7. The fourth-order valence-corrected chi connectivity index (χ4v) is 3.38. The molecule has 1 aromatic heterocycles. The van der Waals surface area contributed by atoms with Crippen LogP contribution in [0, 0.1) is 6.92 Å². The second-order valence-electron chi connectivity index (χ2n) is 6.63. The highest BCUT2D eigenvalue weighted by Crippen LogP contribution is 2.41. The Morgan fingerprint density at radius 2 is 1.64 bits per heavy atom. The third-order valence-electron chi connectivity index (χ3n) is 4.78. The smallest absolute Gasteiger partial charge is 0.295 e. The van der Waals surface area contributed by atoms with Crippen molar-refractivity contribution in [2.75, 3.05) is 4.90 Å². The first-order valence-electron chi connectivity index (χ1n) is 8.92. The Labute approximate surface area is 162 Å². The van der Waals surface area contributed by atoms with Gasteiger partial charge in [0.25, 0.3) is 5.91 Å². The molecule has 5 nitrogen and oxygen atoms in total. The minimum atomic E-state index is -0.752. The Bertz CT molecular complexity index is 1060. The molecule has 138 valence electrons. The number of carbonyl (C=O) groups excluding carboxylic acids is 2. The summed E-state index contributed by atoms with van der Waals surface area (Å²) in [4.78, 5) is 31.8. The number of pyridine rings is 1. The highest BCUT2D eigenvalue weighted by atomic mass is 16.3. The predicted molar refractivity (Wildman–Crippen MR) is 106 cm³/mol. The van der Waals surface area contributed by atoms with Crippen molar-refractivity contribution in [2.24, 2.45) is 0 Å². The van der Waals surface area contributed by atoms with Crippen molar-refractivity contribution in [3.63, 3.8) is 0 Å². The van der Waals surface area contributed by atoms with E-state index in [9.17, 15) is 14.7 Å². The average Bonchev–Trinajstić information content (AvgIpc) is 3.00. The summed E-state index contributed by atoms with van der Waals surface area (Å²) in [5.74, 6) is -1.18. The Morgan fingerprint density at radius 1 is 0.964 bits per heavy atom. The monoisotopic (exact) mass is 370 g/mol. The van der Waals surface area contributed by atoms with Gasteiger partial charge in [-0.25, -0.2) is 4.98 Å². The maximum absolute atomic E-state index is 13.3. The van der Waals surface area contributed by atoms with E-state index < -0.39 is 17.7 Å². The van der Waals surface area contributed by atoms with Crippen molar-refractivity contribution in [1.82, 2.24) is 4.98 Å². The van der Waals surface area contributed by atoms with Gasteiger partial charge in [-0.15, -0.1) is 0 Å². The van der Waals surface area contributed by atoms with Gasteiger partial charge in [-0.05, 0) is 24.6 Å².